The van der Waals surface area contributed by atoms with Crippen molar-refractivity contribution in [2.45, 2.75) is 19.4 Å². The highest BCUT2D eigenvalue weighted by Gasteiger charge is 2.32. The van der Waals surface area contributed by atoms with Crippen molar-refractivity contribution in [3.8, 4) is 5.75 Å². The normalized spacial score (nSPS) is 18.3. The Morgan fingerprint density at radius 2 is 1.88 bits per heavy atom. The van der Waals surface area contributed by atoms with E-state index in [1.807, 2.05) is 6.07 Å². The van der Waals surface area contributed by atoms with Crippen LogP contribution in [0, 0.1) is 0 Å². The summed E-state index contributed by atoms with van der Waals surface area (Å²) in [5, 5.41) is 0. The van der Waals surface area contributed by atoms with Crippen molar-refractivity contribution >= 4 is 11.4 Å². The molecule has 0 fully saturated rings. The third kappa shape index (κ3) is 1.60. The summed E-state index contributed by atoms with van der Waals surface area (Å²) in [6.07, 6.45) is 0. The molecule has 3 nitrogen and oxygen atoms in total. The van der Waals surface area contributed by atoms with Crippen LogP contribution in [0.15, 0.2) is 18.2 Å². The SMILES string of the molecule is COc1ccc2c(c1)N(C)CC(C)(C)N2C. The Balaban J connectivity index is 2.50. The van der Waals surface area contributed by atoms with Crippen molar-refractivity contribution in [2.24, 2.45) is 0 Å². The molecule has 0 saturated heterocycles. The minimum atomic E-state index is 0.163. The number of benzene rings is 1. The van der Waals surface area contributed by atoms with Gasteiger partial charge in [0.2, 0.25) is 0 Å². The Morgan fingerprint density at radius 1 is 1.19 bits per heavy atom. The van der Waals surface area contributed by atoms with Crippen LogP contribution in [0.25, 0.3) is 0 Å². The second-order valence-electron chi connectivity index (χ2n) is 5.08. The fourth-order valence-electron chi connectivity index (χ4n) is 2.32. The summed E-state index contributed by atoms with van der Waals surface area (Å²) in [4.78, 5) is 4.62. The van der Waals surface area contributed by atoms with Gasteiger partial charge in [-0.05, 0) is 26.0 Å². The zero-order valence-corrected chi connectivity index (χ0v) is 10.7. The number of nitrogens with zero attached hydrogens (tertiary/aromatic N) is 2. The molecule has 1 aliphatic heterocycles. The number of fused-ring (bicyclic) bond motifs is 1. The van der Waals surface area contributed by atoms with Crippen LogP contribution in [0.1, 0.15) is 13.8 Å². The first kappa shape index (κ1) is 11.1. The van der Waals surface area contributed by atoms with Crippen molar-refractivity contribution in [3.05, 3.63) is 18.2 Å². The third-order valence-electron chi connectivity index (χ3n) is 3.49. The summed E-state index contributed by atoms with van der Waals surface area (Å²) < 4.78 is 5.27. The van der Waals surface area contributed by atoms with Crippen molar-refractivity contribution < 1.29 is 4.74 Å². The highest BCUT2D eigenvalue weighted by atomic mass is 16.5. The monoisotopic (exact) mass is 220 g/mol. The molecule has 16 heavy (non-hydrogen) atoms. The van der Waals surface area contributed by atoms with Gasteiger partial charge in [0, 0.05) is 26.7 Å². The molecule has 0 N–H and O–H groups in total. The molecule has 0 bridgehead atoms. The lowest BCUT2D eigenvalue weighted by atomic mass is 9.97. The van der Waals surface area contributed by atoms with Crippen molar-refractivity contribution in [1.29, 1.82) is 0 Å². The topological polar surface area (TPSA) is 15.7 Å². The van der Waals surface area contributed by atoms with Crippen LogP contribution < -0.4 is 14.5 Å². The minimum Gasteiger partial charge on any atom is -0.497 e. The predicted molar refractivity (Wildman–Crippen MR) is 68.7 cm³/mol. The Morgan fingerprint density at radius 3 is 2.50 bits per heavy atom. The van der Waals surface area contributed by atoms with Gasteiger partial charge in [-0.3, -0.25) is 0 Å². The fourth-order valence-corrected chi connectivity index (χ4v) is 2.32. The van der Waals surface area contributed by atoms with Gasteiger partial charge in [-0.25, -0.2) is 0 Å². The zero-order valence-electron chi connectivity index (χ0n) is 10.7. The van der Waals surface area contributed by atoms with Gasteiger partial charge in [0.25, 0.3) is 0 Å². The summed E-state index contributed by atoms with van der Waals surface area (Å²) in [6.45, 7) is 5.54. The van der Waals surface area contributed by atoms with Gasteiger partial charge in [-0.1, -0.05) is 0 Å². The maximum Gasteiger partial charge on any atom is 0.121 e. The van der Waals surface area contributed by atoms with Crippen LogP contribution in [0.4, 0.5) is 11.4 Å². The van der Waals surface area contributed by atoms with E-state index >= 15 is 0 Å². The number of rotatable bonds is 1. The first-order valence-electron chi connectivity index (χ1n) is 5.59. The van der Waals surface area contributed by atoms with E-state index in [9.17, 15) is 0 Å². The van der Waals surface area contributed by atoms with Gasteiger partial charge < -0.3 is 14.5 Å². The molecule has 3 heteroatoms. The first-order chi connectivity index (χ1) is 7.45. The summed E-state index contributed by atoms with van der Waals surface area (Å²) in [5.74, 6) is 0.915. The Hall–Kier alpha value is -1.38. The van der Waals surface area contributed by atoms with Gasteiger partial charge in [0.05, 0.1) is 24.0 Å². The van der Waals surface area contributed by atoms with E-state index in [0.717, 1.165) is 12.3 Å². The maximum atomic E-state index is 5.27. The van der Waals surface area contributed by atoms with E-state index in [1.54, 1.807) is 7.11 Å². The Bertz CT molecular complexity index is 401. The van der Waals surface area contributed by atoms with Crippen LogP contribution in [0.2, 0.25) is 0 Å². The Labute approximate surface area is 97.6 Å². The summed E-state index contributed by atoms with van der Waals surface area (Å²) in [5.41, 5.74) is 2.66. The van der Waals surface area contributed by atoms with Crippen LogP contribution in [-0.2, 0) is 0 Å². The van der Waals surface area contributed by atoms with Gasteiger partial charge >= 0.3 is 0 Å². The highest BCUT2D eigenvalue weighted by molar-refractivity contribution is 5.76. The van der Waals surface area contributed by atoms with Crippen LogP contribution in [0.3, 0.4) is 0 Å². The lowest BCUT2D eigenvalue weighted by Crippen LogP contribution is -2.53. The van der Waals surface area contributed by atoms with Crippen molar-refractivity contribution in [1.82, 2.24) is 0 Å². The maximum absolute atomic E-state index is 5.27. The Kier molecular flexibility index (Phi) is 2.49. The van der Waals surface area contributed by atoms with Crippen LogP contribution in [0.5, 0.6) is 5.75 Å². The third-order valence-corrected chi connectivity index (χ3v) is 3.49. The van der Waals surface area contributed by atoms with Gasteiger partial charge in [0.1, 0.15) is 5.75 Å². The van der Waals surface area contributed by atoms with Crippen LogP contribution in [-0.4, -0.2) is 33.3 Å². The second kappa shape index (κ2) is 3.58. The van der Waals surface area contributed by atoms with E-state index in [4.69, 9.17) is 4.74 Å². The number of hydrogen-bond donors (Lipinski definition) is 0. The lowest BCUT2D eigenvalue weighted by molar-refractivity contribution is 0.413. The van der Waals surface area contributed by atoms with Crippen molar-refractivity contribution in [2.75, 3.05) is 37.5 Å². The number of likely N-dealkylation sites (N-methyl/N-ethyl adjacent to an activating group) is 2. The largest absolute Gasteiger partial charge is 0.497 e. The molecule has 0 atom stereocenters. The van der Waals surface area contributed by atoms with Crippen molar-refractivity contribution in [3.63, 3.8) is 0 Å². The summed E-state index contributed by atoms with van der Waals surface area (Å²) >= 11 is 0. The zero-order chi connectivity index (χ0) is 11.9. The molecule has 0 saturated carbocycles. The van der Waals surface area contributed by atoms with Gasteiger partial charge in [0.15, 0.2) is 0 Å². The van der Waals surface area contributed by atoms with E-state index < -0.39 is 0 Å². The van der Waals surface area contributed by atoms with E-state index in [-0.39, 0.29) is 5.54 Å². The van der Waals surface area contributed by atoms with E-state index in [0.29, 0.717) is 0 Å². The number of ether oxygens (including phenoxy) is 1. The molecule has 0 aliphatic carbocycles. The molecule has 0 amide bonds. The molecule has 1 aromatic carbocycles. The molecule has 0 radical (unpaired) electrons. The second-order valence-corrected chi connectivity index (χ2v) is 5.08. The van der Waals surface area contributed by atoms with Gasteiger partial charge in [-0.2, -0.15) is 0 Å². The number of hydrogen-bond acceptors (Lipinski definition) is 3. The van der Waals surface area contributed by atoms with E-state index in [2.05, 4.69) is 49.9 Å². The molecule has 2 rings (SSSR count). The molecule has 0 aromatic heterocycles. The molecular weight excluding hydrogens is 200 g/mol. The number of methoxy groups -OCH3 is 1. The van der Waals surface area contributed by atoms with E-state index in [1.165, 1.54) is 11.4 Å². The highest BCUT2D eigenvalue weighted by Crippen LogP contribution is 2.39. The first-order valence-corrected chi connectivity index (χ1v) is 5.59. The molecule has 1 aliphatic rings. The standard InChI is InChI=1S/C13H20N2O/c1-13(2)9-14(3)12-8-10(16-5)6-7-11(12)15(13)4/h6-8H,9H2,1-5H3. The molecule has 0 unspecified atom stereocenters. The molecule has 88 valence electrons. The minimum absolute atomic E-state index is 0.163. The molecule has 0 spiro atoms. The summed E-state index contributed by atoms with van der Waals surface area (Å²) in [7, 11) is 5.99. The fraction of sp³-hybridized carbons (Fsp3) is 0.538. The lowest BCUT2D eigenvalue weighted by Gasteiger charge is -2.47. The average molecular weight is 220 g/mol. The quantitative estimate of drug-likeness (QED) is 0.722. The smallest absolute Gasteiger partial charge is 0.121 e. The number of anilines is 2. The molecule has 1 heterocycles. The molecular formula is C13H20N2O. The van der Waals surface area contributed by atoms with Gasteiger partial charge in [-0.15, -0.1) is 0 Å². The predicted octanol–water partition coefficient (Wildman–Crippen LogP) is 2.36. The molecule has 1 aromatic rings. The summed E-state index contributed by atoms with van der Waals surface area (Å²) in [6, 6.07) is 6.25. The van der Waals surface area contributed by atoms with Crippen LogP contribution >= 0.6 is 0 Å². The average Bonchev–Trinajstić information content (AvgIpc) is 2.25.